The maximum atomic E-state index is 12.3. The lowest BCUT2D eigenvalue weighted by Crippen LogP contribution is -2.22. The van der Waals surface area contributed by atoms with E-state index in [0.717, 1.165) is 16.3 Å². The van der Waals surface area contributed by atoms with Crippen LogP contribution in [0.1, 0.15) is 16.6 Å². The monoisotopic (exact) mass is 383 g/mol. The summed E-state index contributed by atoms with van der Waals surface area (Å²) in [5.41, 5.74) is 1.45. The molecule has 2 aromatic heterocycles. The van der Waals surface area contributed by atoms with E-state index < -0.39 is 0 Å². The van der Waals surface area contributed by atoms with Crippen LogP contribution in [-0.4, -0.2) is 22.0 Å². The SMILES string of the molecule is CC(Sc1ccc(NC(=O)c2cccs2)cc1)C(=O)Nc1ccncc1. The second-order valence-corrected chi connectivity index (χ2v) is 7.80. The molecular weight excluding hydrogens is 366 g/mol. The molecule has 2 amide bonds. The summed E-state index contributed by atoms with van der Waals surface area (Å²) in [7, 11) is 0. The first-order valence-corrected chi connectivity index (χ1v) is 9.70. The zero-order valence-corrected chi connectivity index (χ0v) is 15.6. The van der Waals surface area contributed by atoms with Crippen LogP contribution in [0.4, 0.5) is 11.4 Å². The van der Waals surface area contributed by atoms with E-state index in [9.17, 15) is 9.59 Å². The summed E-state index contributed by atoms with van der Waals surface area (Å²) in [6.07, 6.45) is 3.27. The summed E-state index contributed by atoms with van der Waals surface area (Å²) in [5, 5.41) is 7.33. The number of nitrogens with one attached hydrogen (secondary N) is 2. The van der Waals surface area contributed by atoms with Gasteiger partial charge in [-0.1, -0.05) is 6.07 Å². The molecule has 0 saturated carbocycles. The number of hydrogen-bond acceptors (Lipinski definition) is 5. The lowest BCUT2D eigenvalue weighted by atomic mass is 10.3. The quantitative estimate of drug-likeness (QED) is 0.614. The second kappa shape index (κ2) is 8.64. The standard InChI is InChI=1S/C19H17N3O2S2/c1-13(18(23)21-15-8-10-20-11-9-15)26-16-6-4-14(5-7-16)22-19(24)17-3-2-12-25-17/h2-13H,1H3,(H,22,24)(H,20,21,23). The smallest absolute Gasteiger partial charge is 0.265 e. The average molecular weight is 383 g/mol. The maximum Gasteiger partial charge on any atom is 0.265 e. The molecular formula is C19H17N3O2S2. The number of carbonyl (C=O) groups excluding carboxylic acids is 2. The minimum Gasteiger partial charge on any atom is -0.325 e. The van der Waals surface area contributed by atoms with Crippen LogP contribution in [0.15, 0.2) is 71.2 Å². The van der Waals surface area contributed by atoms with Gasteiger partial charge in [0.1, 0.15) is 0 Å². The Morgan fingerprint density at radius 2 is 1.69 bits per heavy atom. The molecule has 0 aliphatic heterocycles. The number of pyridine rings is 1. The first-order valence-electron chi connectivity index (χ1n) is 7.94. The number of nitrogens with zero attached hydrogens (tertiary/aromatic N) is 1. The molecule has 1 unspecified atom stereocenters. The molecule has 132 valence electrons. The molecule has 7 heteroatoms. The highest BCUT2D eigenvalue weighted by Crippen LogP contribution is 2.26. The number of rotatable bonds is 6. The Hall–Kier alpha value is -2.64. The Kier molecular flexibility index (Phi) is 6.04. The number of hydrogen-bond donors (Lipinski definition) is 2. The molecule has 0 aliphatic rings. The van der Waals surface area contributed by atoms with E-state index in [4.69, 9.17) is 0 Å². The van der Waals surface area contributed by atoms with Crippen LogP contribution >= 0.6 is 23.1 Å². The van der Waals surface area contributed by atoms with E-state index in [-0.39, 0.29) is 17.1 Å². The molecule has 0 bridgehead atoms. The van der Waals surface area contributed by atoms with Crippen LogP contribution < -0.4 is 10.6 Å². The largest absolute Gasteiger partial charge is 0.325 e. The van der Waals surface area contributed by atoms with E-state index in [1.54, 1.807) is 30.6 Å². The number of aromatic nitrogens is 1. The van der Waals surface area contributed by atoms with Crippen molar-refractivity contribution in [2.45, 2.75) is 17.1 Å². The van der Waals surface area contributed by atoms with Gasteiger partial charge in [-0.05, 0) is 54.8 Å². The third-order valence-corrected chi connectivity index (χ3v) is 5.47. The molecule has 0 saturated heterocycles. The first-order chi connectivity index (χ1) is 12.6. The van der Waals surface area contributed by atoms with Gasteiger partial charge in [0, 0.05) is 28.7 Å². The highest BCUT2D eigenvalue weighted by molar-refractivity contribution is 8.00. The third kappa shape index (κ3) is 4.93. The lowest BCUT2D eigenvalue weighted by molar-refractivity contribution is -0.115. The topological polar surface area (TPSA) is 71.1 Å². The number of carbonyl (C=O) groups is 2. The summed E-state index contributed by atoms with van der Waals surface area (Å²) in [5.74, 6) is -0.193. The van der Waals surface area contributed by atoms with Gasteiger partial charge in [0.25, 0.3) is 5.91 Å². The molecule has 1 aromatic carbocycles. The number of anilines is 2. The Balaban J connectivity index is 1.55. The maximum absolute atomic E-state index is 12.3. The average Bonchev–Trinajstić information content (AvgIpc) is 3.19. The first kappa shape index (κ1) is 18.2. The fourth-order valence-electron chi connectivity index (χ4n) is 2.15. The summed E-state index contributed by atoms with van der Waals surface area (Å²) >= 11 is 2.86. The minimum atomic E-state index is -0.255. The van der Waals surface area contributed by atoms with E-state index >= 15 is 0 Å². The molecule has 0 aliphatic carbocycles. The van der Waals surface area contributed by atoms with Gasteiger partial charge in [-0.3, -0.25) is 14.6 Å². The Morgan fingerprint density at radius 3 is 2.35 bits per heavy atom. The van der Waals surface area contributed by atoms with Crippen LogP contribution in [-0.2, 0) is 4.79 Å². The fraction of sp³-hybridized carbons (Fsp3) is 0.105. The number of thioether (sulfide) groups is 1. The van der Waals surface area contributed by atoms with E-state index in [1.807, 2.05) is 42.6 Å². The number of amides is 2. The summed E-state index contributed by atoms with van der Waals surface area (Å²) in [6.45, 7) is 1.85. The summed E-state index contributed by atoms with van der Waals surface area (Å²) < 4.78 is 0. The molecule has 26 heavy (non-hydrogen) atoms. The van der Waals surface area contributed by atoms with Gasteiger partial charge < -0.3 is 10.6 Å². The summed E-state index contributed by atoms with van der Waals surface area (Å²) in [6, 6.07) is 14.6. The minimum absolute atomic E-state index is 0.0729. The van der Waals surface area contributed by atoms with Crippen LogP contribution in [0.3, 0.4) is 0 Å². The Labute approximate surface area is 159 Å². The highest BCUT2D eigenvalue weighted by atomic mass is 32.2. The molecule has 2 heterocycles. The predicted octanol–water partition coefficient (Wildman–Crippen LogP) is 4.51. The van der Waals surface area contributed by atoms with Crippen LogP contribution in [0.25, 0.3) is 0 Å². The van der Waals surface area contributed by atoms with Gasteiger partial charge in [-0.15, -0.1) is 23.1 Å². The molecule has 2 N–H and O–H groups in total. The van der Waals surface area contributed by atoms with Crippen LogP contribution in [0.5, 0.6) is 0 Å². The van der Waals surface area contributed by atoms with Crippen molar-refractivity contribution < 1.29 is 9.59 Å². The highest BCUT2D eigenvalue weighted by Gasteiger charge is 2.15. The van der Waals surface area contributed by atoms with Crippen molar-refractivity contribution in [3.05, 3.63) is 71.2 Å². The lowest BCUT2D eigenvalue weighted by Gasteiger charge is -2.12. The molecule has 3 rings (SSSR count). The molecule has 3 aromatic rings. The van der Waals surface area contributed by atoms with Crippen molar-refractivity contribution in [2.75, 3.05) is 10.6 Å². The van der Waals surface area contributed by atoms with Crippen molar-refractivity contribution in [1.29, 1.82) is 0 Å². The zero-order valence-electron chi connectivity index (χ0n) is 14.0. The normalized spacial score (nSPS) is 11.6. The van der Waals surface area contributed by atoms with Gasteiger partial charge in [-0.2, -0.15) is 0 Å². The van der Waals surface area contributed by atoms with Crippen LogP contribution in [0, 0.1) is 0 Å². The van der Waals surface area contributed by atoms with Crippen molar-refractivity contribution >= 4 is 46.3 Å². The van der Waals surface area contributed by atoms with E-state index in [0.29, 0.717) is 4.88 Å². The van der Waals surface area contributed by atoms with Crippen molar-refractivity contribution in [3.63, 3.8) is 0 Å². The number of benzene rings is 1. The van der Waals surface area contributed by atoms with Gasteiger partial charge in [0.05, 0.1) is 10.1 Å². The second-order valence-electron chi connectivity index (χ2n) is 5.44. The molecule has 0 fully saturated rings. The van der Waals surface area contributed by atoms with E-state index in [1.165, 1.54) is 23.1 Å². The van der Waals surface area contributed by atoms with E-state index in [2.05, 4.69) is 15.6 Å². The van der Waals surface area contributed by atoms with Crippen molar-refractivity contribution in [3.8, 4) is 0 Å². The zero-order chi connectivity index (χ0) is 18.4. The van der Waals surface area contributed by atoms with Crippen LogP contribution in [0.2, 0.25) is 0 Å². The van der Waals surface area contributed by atoms with Crippen molar-refractivity contribution in [1.82, 2.24) is 4.98 Å². The summed E-state index contributed by atoms with van der Waals surface area (Å²) in [4.78, 5) is 29.8. The molecule has 1 atom stereocenters. The molecule has 0 radical (unpaired) electrons. The third-order valence-electron chi connectivity index (χ3n) is 3.49. The van der Waals surface area contributed by atoms with Gasteiger partial charge in [0.2, 0.25) is 5.91 Å². The van der Waals surface area contributed by atoms with Gasteiger partial charge in [-0.25, -0.2) is 0 Å². The Morgan fingerprint density at radius 1 is 1.00 bits per heavy atom. The van der Waals surface area contributed by atoms with Gasteiger partial charge in [0.15, 0.2) is 0 Å². The van der Waals surface area contributed by atoms with Gasteiger partial charge >= 0.3 is 0 Å². The number of thiophene rings is 1. The van der Waals surface area contributed by atoms with Crippen molar-refractivity contribution in [2.24, 2.45) is 0 Å². The molecule has 0 spiro atoms. The predicted molar refractivity (Wildman–Crippen MR) is 107 cm³/mol. The molecule has 5 nitrogen and oxygen atoms in total. The Bertz CT molecular complexity index is 866. The fourth-order valence-corrected chi connectivity index (χ4v) is 3.64.